The zero-order chi connectivity index (χ0) is 17.7. The average molecular weight is 381 g/mol. The average Bonchev–Trinajstić information content (AvgIpc) is 2.46. The van der Waals surface area contributed by atoms with E-state index in [0.717, 1.165) is 42.9 Å². The summed E-state index contributed by atoms with van der Waals surface area (Å²) in [6, 6.07) is 3.86. The van der Waals surface area contributed by atoms with Gasteiger partial charge in [0.2, 0.25) is 0 Å². The molecule has 2 rings (SSSR count). The minimum absolute atomic E-state index is 0. The number of halogens is 4. The lowest BCUT2D eigenvalue weighted by Crippen LogP contribution is -2.34. The number of hydrogen-bond donors (Lipinski definition) is 1. The van der Waals surface area contributed by atoms with Crippen molar-refractivity contribution in [2.75, 3.05) is 33.3 Å². The van der Waals surface area contributed by atoms with Gasteiger partial charge < -0.3 is 15.0 Å². The number of piperidine rings is 1. The molecule has 3 nitrogen and oxygen atoms in total. The van der Waals surface area contributed by atoms with Gasteiger partial charge in [0, 0.05) is 13.1 Å². The van der Waals surface area contributed by atoms with Crippen molar-refractivity contribution in [1.82, 2.24) is 10.2 Å². The molecule has 1 aliphatic heterocycles. The van der Waals surface area contributed by atoms with Gasteiger partial charge in [0.15, 0.2) is 6.61 Å². The highest BCUT2D eigenvalue weighted by molar-refractivity contribution is 5.85. The van der Waals surface area contributed by atoms with E-state index in [2.05, 4.69) is 17.3 Å². The highest BCUT2D eigenvalue weighted by atomic mass is 35.5. The molecular weight excluding hydrogens is 353 g/mol. The molecule has 144 valence electrons. The minimum Gasteiger partial charge on any atom is -0.484 e. The highest BCUT2D eigenvalue weighted by Gasteiger charge is 2.29. The summed E-state index contributed by atoms with van der Waals surface area (Å²) >= 11 is 0. The molecular formula is C18H28ClF3N2O. The third-order valence-electron chi connectivity index (χ3n) is 4.38. The van der Waals surface area contributed by atoms with E-state index in [0.29, 0.717) is 11.7 Å². The summed E-state index contributed by atoms with van der Waals surface area (Å²) in [5, 5.41) is 3.37. The smallest absolute Gasteiger partial charge is 0.422 e. The fourth-order valence-corrected chi connectivity index (χ4v) is 3.39. The van der Waals surface area contributed by atoms with Crippen LogP contribution in [0.4, 0.5) is 13.2 Å². The van der Waals surface area contributed by atoms with E-state index >= 15 is 0 Å². The predicted octanol–water partition coefficient (Wildman–Crippen LogP) is 4.10. The Kier molecular flexibility index (Phi) is 8.51. The number of hydrogen-bond acceptors (Lipinski definition) is 3. The maximum atomic E-state index is 12.3. The molecule has 0 unspecified atom stereocenters. The van der Waals surface area contributed by atoms with Crippen LogP contribution < -0.4 is 10.1 Å². The molecule has 0 amide bonds. The SMILES string of the molecule is Cc1cc(CN(C)CC2CCNCC2)cc(C)c1OCC(F)(F)F.Cl. The van der Waals surface area contributed by atoms with Crippen molar-refractivity contribution in [2.24, 2.45) is 5.92 Å². The van der Waals surface area contributed by atoms with Gasteiger partial charge in [-0.05, 0) is 69.4 Å². The molecule has 1 fully saturated rings. The van der Waals surface area contributed by atoms with Gasteiger partial charge >= 0.3 is 6.18 Å². The molecule has 1 N–H and O–H groups in total. The fourth-order valence-electron chi connectivity index (χ4n) is 3.39. The van der Waals surface area contributed by atoms with Gasteiger partial charge in [-0.1, -0.05) is 12.1 Å². The van der Waals surface area contributed by atoms with Crippen molar-refractivity contribution in [3.8, 4) is 5.75 Å². The summed E-state index contributed by atoms with van der Waals surface area (Å²) in [6.45, 7) is 6.37. The summed E-state index contributed by atoms with van der Waals surface area (Å²) < 4.78 is 42.0. The third kappa shape index (κ3) is 7.42. The summed E-state index contributed by atoms with van der Waals surface area (Å²) in [7, 11) is 2.10. The first-order chi connectivity index (χ1) is 11.2. The summed E-state index contributed by atoms with van der Waals surface area (Å²) in [5.41, 5.74) is 2.62. The molecule has 25 heavy (non-hydrogen) atoms. The fraction of sp³-hybridized carbons (Fsp3) is 0.667. The van der Waals surface area contributed by atoms with E-state index in [4.69, 9.17) is 4.74 Å². The Morgan fingerprint density at radius 2 is 1.72 bits per heavy atom. The lowest BCUT2D eigenvalue weighted by atomic mass is 9.97. The molecule has 0 aromatic heterocycles. The van der Waals surface area contributed by atoms with E-state index in [1.165, 1.54) is 12.8 Å². The number of ether oxygens (including phenoxy) is 1. The zero-order valence-electron chi connectivity index (χ0n) is 15.1. The van der Waals surface area contributed by atoms with Crippen LogP contribution in [-0.4, -0.2) is 44.4 Å². The standard InChI is InChI=1S/C18H27F3N2O.ClH/c1-13-8-16(9-14(2)17(13)24-12-18(19,20)21)11-23(3)10-15-4-6-22-7-5-15;/h8-9,15,22H,4-7,10-12H2,1-3H3;1H. The molecule has 0 atom stereocenters. The second-order valence-electron chi connectivity index (χ2n) is 6.85. The number of nitrogens with zero attached hydrogens (tertiary/aromatic N) is 1. The Bertz CT molecular complexity index is 523. The van der Waals surface area contributed by atoms with Crippen LogP contribution in [0.3, 0.4) is 0 Å². The summed E-state index contributed by atoms with van der Waals surface area (Å²) in [4.78, 5) is 2.29. The van der Waals surface area contributed by atoms with Crippen LogP contribution in [0.2, 0.25) is 0 Å². The minimum atomic E-state index is -4.31. The van der Waals surface area contributed by atoms with Gasteiger partial charge in [0.1, 0.15) is 5.75 Å². The van der Waals surface area contributed by atoms with Crippen LogP contribution in [0.25, 0.3) is 0 Å². The molecule has 0 spiro atoms. The predicted molar refractivity (Wildman–Crippen MR) is 96.6 cm³/mol. The van der Waals surface area contributed by atoms with Crippen molar-refractivity contribution < 1.29 is 17.9 Å². The van der Waals surface area contributed by atoms with Gasteiger partial charge in [-0.2, -0.15) is 13.2 Å². The highest BCUT2D eigenvalue weighted by Crippen LogP contribution is 2.27. The molecule has 0 saturated carbocycles. The Morgan fingerprint density at radius 3 is 2.24 bits per heavy atom. The maximum absolute atomic E-state index is 12.3. The summed E-state index contributed by atoms with van der Waals surface area (Å²) in [6.07, 6.45) is -1.91. The van der Waals surface area contributed by atoms with E-state index < -0.39 is 12.8 Å². The molecule has 1 saturated heterocycles. The Labute approximate surface area is 154 Å². The molecule has 1 aromatic rings. The van der Waals surface area contributed by atoms with E-state index in [1.807, 2.05) is 12.1 Å². The molecule has 7 heteroatoms. The van der Waals surface area contributed by atoms with Crippen molar-refractivity contribution >= 4 is 12.4 Å². The van der Waals surface area contributed by atoms with E-state index in [-0.39, 0.29) is 12.4 Å². The van der Waals surface area contributed by atoms with Crippen LogP contribution in [0.5, 0.6) is 5.75 Å². The molecule has 0 aliphatic carbocycles. The lowest BCUT2D eigenvalue weighted by molar-refractivity contribution is -0.153. The van der Waals surface area contributed by atoms with Crippen LogP contribution in [0.15, 0.2) is 12.1 Å². The number of aryl methyl sites for hydroxylation is 2. The monoisotopic (exact) mass is 380 g/mol. The third-order valence-corrected chi connectivity index (χ3v) is 4.38. The summed E-state index contributed by atoms with van der Waals surface area (Å²) in [5.74, 6) is 1.06. The molecule has 1 aliphatic rings. The van der Waals surface area contributed by atoms with Crippen LogP contribution in [0.1, 0.15) is 29.5 Å². The number of nitrogens with one attached hydrogen (secondary N) is 1. The first-order valence-corrected chi connectivity index (χ1v) is 8.43. The van der Waals surface area contributed by atoms with Crippen molar-refractivity contribution in [3.63, 3.8) is 0 Å². The molecule has 0 bridgehead atoms. The van der Waals surface area contributed by atoms with Crippen LogP contribution >= 0.6 is 12.4 Å². The number of benzene rings is 1. The van der Waals surface area contributed by atoms with Gasteiger partial charge in [0.05, 0.1) is 0 Å². The maximum Gasteiger partial charge on any atom is 0.422 e. The molecule has 0 radical (unpaired) electrons. The van der Waals surface area contributed by atoms with Gasteiger partial charge in [-0.15, -0.1) is 12.4 Å². The van der Waals surface area contributed by atoms with Crippen LogP contribution in [-0.2, 0) is 6.54 Å². The second kappa shape index (κ2) is 9.64. The second-order valence-corrected chi connectivity index (χ2v) is 6.85. The number of alkyl halides is 3. The topological polar surface area (TPSA) is 24.5 Å². The van der Waals surface area contributed by atoms with Crippen molar-refractivity contribution in [2.45, 2.75) is 39.4 Å². The van der Waals surface area contributed by atoms with Crippen molar-refractivity contribution in [1.29, 1.82) is 0 Å². The quantitative estimate of drug-likeness (QED) is 0.804. The van der Waals surface area contributed by atoms with Gasteiger partial charge in [-0.3, -0.25) is 0 Å². The van der Waals surface area contributed by atoms with Gasteiger partial charge in [0.25, 0.3) is 0 Å². The zero-order valence-corrected chi connectivity index (χ0v) is 15.9. The normalized spacial score (nSPS) is 16.0. The molecule has 1 aromatic carbocycles. The first kappa shape index (κ1) is 22.1. The molecule has 1 heterocycles. The Hall–Kier alpha value is -0.980. The van der Waals surface area contributed by atoms with Crippen LogP contribution in [0, 0.1) is 19.8 Å². The van der Waals surface area contributed by atoms with E-state index in [9.17, 15) is 13.2 Å². The largest absolute Gasteiger partial charge is 0.484 e. The Morgan fingerprint density at radius 1 is 1.16 bits per heavy atom. The Balaban J connectivity index is 0.00000312. The van der Waals surface area contributed by atoms with E-state index in [1.54, 1.807) is 13.8 Å². The number of rotatable bonds is 6. The lowest BCUT2D eigenvalue weighted by Gasteiger charge is -2.27. The first-order valence-electron chi connectivity index (χ1n) is 8.43. The van der Waals surface area contributed by atoms with Gasteiger partial charge in [-0.25, -0.2) is 0 Å². The van der Waals surface area contributed by atoms with Crippen molar-refractivity contribution in [3.05, 3.63) is 28.8 Å².